The van der Waals surface area contributed by atoms with Crippen molar-refractivity contribution >= 4 is 10.4 Å². The second kappa shape index (κ2) is 5.31. The molecule has 14 heteroatoms. The summed E-state index contributed by atoms with van der Waals surface area (Å²) in [5, 5.41) is 0. The van der Waals surface area contributed by atoms with Crippen LogP contribution in [0, 0.1) is 0 Å². The van der Waals surface area contributed by atoms with Crippen molar-refractivity contribution in [3.63, 3.8) is 0 Å². The zero-order valence-electron chi connectivity index (χ0n) is 5.87. The summed E-state index contributed by atoms with van der Waals surface area (Å²) in [6.45, 7) is 0. The molecule has 0 fully saturated rings. The minimum atomic E-state index is -5.79. The van der Waals surface area contributed by atoms with Gasteiger partial charge in [-0.1, -0.05) is 0 Å². The zero-order valence-corrected chi connectivity index (χ0v) is 9.97. The molecule has 0 aliphatic heterocycles. The van der Waals surface area contributed by atoms with Crippen LogP contribution in [0.3, 0.4) is 0 Å². The molecular weight excluding hydrogens is 356 g/mol. The third-order valence-corrected chi connectivity index (χ3v) is 2.13. The van der Waals surface area contributed by atoms with E-state index in [0.29, 0.717) is 0 Å². The van der Waals surface area contributed by atoms with Gasteiger partial charge in [0.15, 0.2) is 0 Å². The van der Waals surface area contributed by atoms with Crippen LogP contribution in [0.15, 0.2) is 0 Å². The van der Waals surface area contributed by atoms with Crippen molar-refractivity contribution in [2.45, 2.75) is 0 Å². The number of rotatable bonds is 2. The minimum absolute atomic E-state index is 2.75. The van der Waals surface area contributed by atoms with Gasteiger partial charge >= 0.3 is 83.0 Å². The predicted molar refractivity (Wildman–Crippen MR) is 22.0 cm³/mol. The topological polar surface area (TPSA) is 193 Å². The van der Waals surface area contributed by atoms with Crippen LogP contribution in [0.1, 0.15) is 0 Å². The third kappa shape index (κ3) is 39.9. The average Bonchev–Trinajstić information content (AvgIpc) is 1.42. The molecule has 0 aromatic carbocycles. The Morgan fingerprint density at radius 3 is 1.36 bits per heavy atom. The van der Waals surface area contributed by atoms with Crippen molar-refractivity contribution in [2.75, 3.05) is 0 Å². The van der Waals surface area contributed by atoms with Crippen molar-refractivity contribution in [3.05, 3.63) is 0 Å². The first-order valence-corrected chi connectivity index (χ1v) is 8.99. The van der Waals surface area contributed by atoms with E-state index in [4.69, 9.17) is 23.0 Å². The molecule has 0 unspecified atom stereocenters. The summed E-state index contributed by atoms with van der Waals surface area (Å²) in [4.78, 5) is 0. The van der Waals surface area contributed by atoms with Gasteiger partial charge in [0.1, 0.15) is 0 Å². The molecule has 0 radical (unpaired) electrons. The third-order valence-electron chi connectivity index (χ3n) is 0.172. The van der Waals surface area contributed by atoms with E-state index in [0.717, 1.165) is 0 Å². The summed E-state index contributed by atoms with van der Waals surface area (Å²) in [7, 11) is -5.09. The van der Waals surface area contributed by atoms with E-state index in [-0.39, 0.29) is 0 Å². The van der Waals surface area contributed by atoms with Crippen LogP contribution in [-0.2, 0) is 58.4 Å². The maximum absolute atomic E-state index is 9.51. The first-order valence-electron chi connectivity index (χ1n) is 2.06. The average molecular weight is 360 g/mol. The Bertz CT molecular complexity index is 407. The van der Waals surface area contributed by atoms with Gasteiger partial charge in [0.2, 0.25) is 0 Å². The standard InChI is InChI=1S/Cr.Mo.H2O4S.3H2O.4O/c;;1-5(2,3)4;;;;;;;/h;;(H2,1,2,3,4);3*1H2;;;;/q2*+2;;;;;;;;/p-4. The Morgan fingerprint density at radius 2 is 1.36 bits per heavy atom. The summed E-state index contributed by atoms with van der Waals surface area (Å²) in [5.41, 5.74) is 0. The summed E-state index contributed by atoms with van der Waals surface area (Å²) in [6, 6.07) is 0. The second-order valence-corrected chi connectivity index (χ2v) is 6.54. The van der Waals surface area contributed by atoms with Gasteiger partial charge in [-0.25, -0.2) is 0 Å². The fourth-order valence-electron chi connectivity index (χ4n) is 0.109. The van der Waals surface area contributed by atoms with E-state index in [9.17, 15) is 16.0 Å². The summed E-state index contributed by atoms with van der Waals surface area (Å²) in [6.07, 6.45) is 0. The van der Waals surface area contributed by atoms with Gasteiger partial charge in [-0.15, -0.1) is 0 Å². The van der Waals surface area contributed by atoms with Gasteiger partial charge in [0.25, 0.3) is 0 Å². The molecule has 88 valence electrons. The molecule has 0 aromatic heterocycles. The first kappa shape index (κ1) is 16.6. The number of hydrogen-bond acceptors (Lipinski definition) is 7. The fraction of sp³-hybridized carbons (Fsp3) is 0. The van der Waals surface area contributed by atoms with Gasteiger partial charge in [-0.05, 0) is 0 Å². The van der Waals surface area contributed by atoms with E-state index >= 15 is 0 Å². The van der Waals surface area contributed by atoms with Crippen LogP contribution in [0.5, 0.6) is 0 Å². The molecule has 0 spiro atoms. The molecule has 0 bridgehead atoms. The fourth-order valence-corrected chi connectivity index (χ4v) is 1.34. The molecular formula is H4CrMoO11S. The molecule has 0 rings (SSSR count). The van der Waals surface area contributed by atoms with Gasteiger partial charge in [0.05, 0.1) is 0 Å². The van der Waals surface area contributed by atoms with Crippen LogP contribution in [0.4, 0.5) is 0 Å². The van der Waals surface area contributed by atoms with Crippen LogP contribution < -0.4 is 0 Å². The Balaban J connectivity index is 0. The molecule has 0 aliphatic carbocycles. The van der Waals surface area contributed by atoms with Crippen LogP contribution in [0.25, 0.3) is 0 Å². The van der Waals surface area contributed by atoms with E-state index < -0.39 is 40.8 Å². The van der Waals surface area contributed by atoms with Crippen molar-refractivity contribution in [2.24, 2.45) is 0 Å². The SMILES string of the molecule is O=S(=O)(O)[O][Cr](=[O])(=[O])[OH].[O]=[Mo](=[O])([OH])[OH]. The quantitative estimate of drug-likeness (QED) is 0.292. The van der Waals surface area contributed by atoms with Gasteiger partial charge in [-0.3, -0.25) is 0 Å². The van der Waals surface area contributed by atoms with Crippen molar-refractivity contribution in [1.82, 2.24) is 0 Å². The first-order chi connectivity index (χ1) is 5.71. The van der Waals surface area contributed by atoms with Gasteiger partial charge in [-0.2, -0.15) is 0 Å². The maximum atomic E-state index is 9.51. The molecule has 0 saturated heterocycles. The molecule has 0 atom stereocenters. The molecule has 0 aliphatic rings. The normalized spacial score (nSPS) is 12.9. The Morgan fingerprint density at radius 1 is 1.14 bits per heavy atom. The molecule has 0 heterocycles. The molecule has 0 amide bonds. The number of hydrogen-bond donors (Lipinski definition) is 4. The summed E-state index contributed by atoms with van der Waals surface area (Å²) in [5.74, 6) is 0. The Labute approximate surface area is 83.0 Å². The van der Waals surface area contributed by atoms with Gasteiger partial charge < -0.3 is 0 Å². The molecule has 4 N–H and O–H groups in total. The molecule has 11 nitrogen and oxygen atoms in total. The van der Waals surface area contributed by atoms with E-state index in [2.05, 4.69) is 3.23 Å². The van der Waals surface area contributed by atoms with Crippen molar-refractivity contribution < 1.29 is 72.6 Å². The van der Waals surface area contributed by atoms with Crippen LogP contribution >= 0.6 is 0 Å². The van der Waals surface area contributed by atoms with E-state index in [1.54, 1.807) is 0 Å². The van der Waals surface area contributed by atoms with Gasteiger partial charge in [0, 0.05) is 0 Å². The molecule has 14 heavy (non-hydrogen) atoms. The molecule has 0 saturated carbocycles. The zero-order chi connectivity index (χ0) is 12.2. The molecule has 0 aromatic rings. The second-order valence-electron chi connectivity index (χ2n) is 1.37. The van der Waals surface area contributed by atoms with Crippen LogP contribution in [0.2, 0.25) is 0 Å². The van der Waals surface area contributed by atoms with Crippen LogP contribution in [-0.4, -0.2) is 24.6 Å². The van der Waals surface area contributed by atoms with E-state index in [1.165, 1.54) is 0 Å². The predicted octanol–water partition coefficient (Wildman–Crippen LogP) is -2.88. The van der Waals surface area contributed by atoms with E-state index in [1.807, 2.05) is 0 Å². The monoisotopic (exact) mass is 362 g/mol. The Kier molecular flexibility index (Phi) is 6.29. The van der Waals surface area contributed by atoms with Crippen molar-refractivity contribution in [3.8, 4) is 0 Å². The summed E-state index contributed by atoms with van der Waals surface area (Å²) >= 11 is -11.3. The summed E-state index contributed by atoms with van der Waals surface area (Å²) < 4.78 is 87.9. The van der Waals surface area contributed by atoms with Crippen molar-refractivity contribution in [1.29, 1.82) is 0 Å². The Hall–Kier alpha value is 0.171.